The highest BCUT2D eigenvalue weighted by atomic mass is 32.2. The summed E-state index contributed by atoms with van der Waals surface area (Å²) in [7, 11) is 1.68. The van der Waals surface area contributed by atoms with Crippen LogP contribution in [0.1, 0.15) is 27.2 Å². The van der Waals surface area contributed by atoms with Gasteiger partial charge in [-0.25, -0.2) is 0 Å². The van der Waals surface area contributed by atoms with Gasteiger partial charge in [0, 0.05) is 10.1 Å². The highest BCUT2D eigenvalue weighted by Crippen LogP contribution is 2.34. The molecule has 4 heteroatoms. The standard InChI is InChI=1S/C15H22N2OS/c1-5-17-15(3,11-16)10-12(2)19-14-9-7-6-8-13(14)18-4/h6-9,12,17H,5,10H2,1-4H3. The minimum absolute atomic E-state index is 0.333. The number of benzene rings is 1. The normalized spacial score (nSPS) is 15.3. The topological polar surface area (TPSA) is 45.0 Å². The molecule has 0 amide bonds. The van der Waals surface area contributed by atoms with E-state index < -0.39 is 5.54 Å². The second kappa shape index (κ2) is 7.42. The second-order valence-electron chi connectivity index (χ2n) is 4.76. The van der Waals surface area contributed by atoms with E-state index in [1.807, 2.05) is 32.0 Å². The Balaban J connectivity index is 2.69. The molecule has 1 aromatic carbocycles. The zero-order chi connectivity index (χ0) is 14.3. The van der Waals surface area contributed by atoms with E-state index in [-0.39, 0.29) is 0 Å². The van der Waals surface area contributed by atoms with Crippen LogP contribution in [0.15, 0.2) is 29.2 Å². The van der Waals surface area contributed by atoms with Gasteiger partial charge in [-0.3, -0.25) is 5.32 Å². The number of hydrogen-bond acceptors (Lipinski definition) is 4. The molecule has 0 fully saturated rings. The van der Waals surface area contributed by atoms with Crippen molar-refractivity contribution in [2.24, 2.45) is 0 Å². The number of nitrogens with one attached hydrogen (secondary N) is 1. The molecule has 0 bridgehead atoms. The largest absolute Gasteiger partial charge is 0.496 e. The zero-order valence-corrected chi connectivity index (χ0v) is 12.9. The van der Waals surface area contributed by atoms with Gasteiger partial charge in [0.15, 0.2) is 0 Å². The fourth-order valence-corrected chi connectivity index (χ4v) is 3.37. The summed E-state index contributed by atoms with van der Waals surface area (Å²) in [5.41, 5.74) is -0.469. The van der Waals surface area contributed by atoms with E-state index in [9.17, 15) is 5.26 Å². The Morgan fingerprint density at radius 1 is 1.47 bits per heavy atom. The predicted octanol–water partition coefficient (Wildman–Crippen LogP) is 3.46. The predicted molar refractivity (Wildman–Crippen MR) is 80.6 cm³/mol. The van der Waals surface area contributed by atoms with E-state index in [1.54, 1.807) is 18.9 Å². The maximum absolute atomic E-state index is 9.29. The molecule has 0 aromatic heterocycles. The minimum Gasteiger partial charge on any atom is -0.496 e. The molecule has 2 atom stereocenters. The first-order valence-corrected chi connectivity index (χ1v) is 7.38. The lowest BCUT2D eigenvalue weighted by Gasteiger charge is -2.26. The molecule has 0 heterocycles. The molecule has 0 radical (unpaired) electrons. The van der Waals surface area contributed by atoms with Crippen molar-refractivity contribution >= 4 is 11.8 Å². The molecule has 19 heavy (non-hydrogen) atoms. The monoisotopic (exact) mass is 278 g/mol. The van der Waals surface area contributed by atoms with Crippen LogP contribution in [-0.4, -0.2) is 24.4 Å². The molecule has 1 N–H and O–H groups in total. The lowest BCUT2D eigenvalue weighted by Crippen LogP contribution is -2.42. The van der Waals surface area contributed by atoms with Gasteiger partial charge in [0.25, 0.3) is 0 Å². The van der Waals surface area contributed by atoms with Crippen LogP contribution in [0, 0.1) is 11.3 Å². The summed E-state index contributed by atoms with van der Waals surface area (Å²) >= 11 is 1.75. The summed E-state index contributed by atoms with van der Waals surface area (Å²) in [6.45, 7) is 6.92. The maximum Gasteiger partial charge on any atom is 0.132 e. The van der Waals surface area contributed by atoms with Crippen LogP contribution < -0.4 is 10.1 Å². The van der Waals surface area contributed by atoms with E-state index in [4.69, 9.17) is 4.74 Å². The highest BCUT2D eigenvalue weighted by molar-refractivity contribution is 8.00. The summed E-state index contributed by atoms with van der Waals surface area (Å²) in [5, 5.41) is 12.9. The van der Waals surface area contributed by atoms with Gasteiger partial charge >= 0.3 is 0 Å². The number of thioether (sulfide) groups is 1. The molecule has 0 aliphatic rings. The smallest absolute Gasteiger partial charge is 0.132 e. The minimum atomic E-state index is -0.469. The van der Waals surface area contributed by atoms with Crippen molar-refractivity contribution in [3.8, 4) is 11.8 Å². The van der Waals surface area contributed by atoms with Crippen molar-refractivity contribution in [2.75, 3.05) is 13.7 Å². The van der Waals surface area contributed by atoms with E-state index >= 15 is 0 Å². The quantitative estimate of drug-likeness (QED) is 0.776. The van der Waals surface area contributed by atoms with E-state index in [0.29, 0.717) is 5.25 Å². The summed E-state index contributed by atoms with van der Waals surface area (Å²) in [6.07, 6.45) is 0.792. The van der Waals surface area contributed by atoms with Crippen molar-refractivity contribution in [1.29, 1.82) is 5.26 Å². The van der Waals surface area contributed by atoms with Gasteiger partial charge in [-0.05, 0) is 32.0 Å². The number of nitriles is 1. The van der Waals surface area contributed by atoms with Crippen LogP contribution in [0.4, 0.5) is 0 Å². The first-order chi connectivity index (χ1) is 9.04. The molecule has 104 valence electrons. The molecule has 1 rings (SSSR count). The third-order valence-electron chi connectivity index (χ3n) is 2.91. The van der Waals surface area contributed by atoms with Crippen LogP contribution in [0.25, 0.3) is 0 Å². The van der Waals surface area contributed by atoms with Crippen LogP contribution in [0.5, 0.6) is 5.75 Å². The Morgan fingerprint density at radius 3 is 2.74 bits per heavy atom. The molecule has 0 aliphatic heterocycles. The molecule has 0 saturated heterocycles. The Kier molecular flexibility index (Phi) is 6.20. The van der Waals surface area contributed by atoms with Crippen LogP contribution in [-0.2, 0) is 0 Å². The summed E-state index contributed by atoms with van der Waals surface area (Å²) in [6, 6.07) is 10.4. The van der Waals surface area contributed by atoms with Gasteiger partial charge in [-0.15, -0.1) is 11.8 Å². The molecule has 1 aromatic rings. The highest BCUT2D eigenvalue weighted by Gasteiger charge is 2.25. The van der Waals surface area contributed by atoms with Crippen LogP contribution in [0.2, 0.25) is 0 Å². The molecule has 0 aliphatic carbocycles. The van der Waals surface area contributed by atoms with Crippen LogP contribution in [0.3, 0.4) is 0 Å². The fourth-order valence-electron chi connectivity index (χ4n) is 2.10. The zero-order valence-electron chi connectivity index (χ0n) is 12.1. The third-order valence-corrected chi connectivity index (χ3v) is 4.07. The molecule has 0 saturated carbocycles. The van der Waals surface area contributed by atoms with E-state index in [2.05, 4.69) is 24.4 Å². The fraction of sp³-hybridized carbons (Fsp3) is 0.533. The average molecular weight is 278 g/mol. The number of ether oxygens (including phenoxy) is 1. The third kappa shape index (κ3) is 4.77. The Hall–Kier alpha value is -1.18. The van der Waals surface area contributed by atoms with Crippen molar-refractivity contribution in [3.05, 3.63) is 24.3 Å². The number of para-hydroxylation sites is 1. The van der Waals surface area contributed by atoms with Crippen molar-refractivity contribution in [3.63, 3.8) is 0 Å². The first-order valence-electron chi connectivity index (χ1n) is 6.50. The van der Waals surface area contributed by atoms with Gasteiger partial charge in [-0.2, -0.15) is 5.26 Å². The summed E-state index contributed by atoms with van der Waals surface area (Å²) in [4.78, 5) is 1.12. The lowest BCUT2D eigenvalue weighted by atomic mass is 9.98. The van der Waals surface area contributed by atoms with Crippen molar-refractivity contribution in [1.82, 2.24) is 5.32 Å². The maximum atomic E-state index is 9.29. The van der Waals surface area contributed by atoms with Crippen molar-refractivity contribution in [2.45, 2.75) is 42.9 Å². The summed E-state index contributed by atoms with van der Waals surface area (Å²) < 4.78 is 5.35. The number of hydrogen-bond donors (Lipinski definition) is 1. The molecular formula is C15H22N2OS. The van der Waals surface area contributed by atoms with Gasteiger partial charge in [0.1, 0.15) is 11.3 Å². The molecule has 3 nitrogen and oxygen atoms in total. The number of rotatable bonds is 7. The first kappa shape index (κ1) is 15.9. The van der Waals surface area contributed by atoms with Gasteiger partial charge < -0.3 is 4.74 Å². The van der Waals surface area contributed by atoms with Gasteiger partial charge in [-0.1, -0.05) is 26.0 Å². The molecule has 2 unspecified atom stereocenters. The van der Waals surface area contributed by atoms with E-state index in [0.717, 1.165) is 23.6 Å². The number of methoxy groups -OCH3 is 1. The SMILES string of the molecule is CCNC(C)(C#N)CC(C)Sc1ccccc1OC. The Bertz CT molecular complexity index is 444. The number of nitrogens with zero attached hydrogens (tertiary/aromatic N) is 1. The van der Waals surface area contributed by atoms with Crippen LogP contribution >= 0.6 is 11.8 Å². The van der Waals surface area contributed by atoms with Gasteiger partial charge in [0.2, 0.25) is 0 Å². The van der Waals surface area contributed by atoms with Gasteiger partial charge in [0.05, 0.1) is 13.2 Å². The summed E-state index contributed by atoms with van der Waals surface area (Å²) in [5.74, 6) is 0.890. The Labute approximate surface area is 120 Å². The van der Waals surface area contributed by atoms with E-state index in [1.165, 1.54) is 0 Å². The molecule has 0 spiro atoms. The van der Waals surface area contributed by atoms with Crippen molar-refractivity contribution < 1.29 is 4.74 Å². The Morgan fingerprint density at radius 2 is 2.16 bits per heavy atom. The average Bonchev–Trinajstić information content (AvgIpc) is 2.39. The lowest BCUT2D eigenvalue weighted by molar-refractivity contribution is 0.404. The second-order valence-corrected chi connectivity index (χ2v) is 6.24. The molecular weight excluding hydrogens is 256 g/mol.